The van der Waals surface area contributed by atoms with Gasteiger partial charge in [-0.2, -0.15) is 5.10 Å². The third-order valence-electron chi connectivity index (χ3n) is 2.13. The summed E-state index contributed by atoms with van der Waals surface area (Å²) in [4.78, 5) is 0. The lowest BCUT2D eigenvalue weighted by Crippen LogP contribution is -2.03. The lowest BCUT2D eigenvalue weighted by molar-refractivity contribution is 0.321. The summed E-state index contributed by atoms with van der Waals surface area (Å²) in [5.41, 5.74) is 6.65. The Kier molecular flexibility index (Phi) is 2.76. The van der Waals surface area contributed by atoms with Crippen LogP contribution in [0.1, 0.15) is 6.92 Å². The maximum atomic E-state index is 13.4. The quantitative estimate of drug-likeness (QED) is 0.806. The highest BCUT2D eigenvalue weighted by Crippen LogP contribution is 2.26. The van der Waals surface area contributed by atoms with Gasteiger partial charge in [0.15, 0.2) is 11.6 Å². The van der Waals surface area contributed by atoms with Crippen molar-refractivity contribution in [3.63, 3.8) is 0 Å². The number of nitrogen functional groups attached to an aromatic ring is 1. The van der Waals surface area contributed by atoms with Crippen LogP contribution in [0, 0.1) is 5.82 Å². The molecule has 0 unspecified atom stereocenters. The van der Waals surface area contributed by atoms with Crippen LogP contribution in [0.3, 0.4) is 0 Å². The van der Waals surface area contributed by atoms with Gasteiger partial charge in [-0.25, -0.2) is 9.07 Å². The number of nitrogens with zero attached hydrogens (tertiary/aromatic N) is 2. The lowest BCUT2D eigenvalue weighted by Gasteiger charge is -2.10. The van der Waals surface area contributed by atoms with E-state index in [1.807, 2.05) is 0 Å². The molecule has 0 atom stereocenters. The molecule has 84 valence electrons. The van der Waals surface area contributed by atoms with E-state index in [-0.39, 0.29) is 5.75 Å². The molecule has 2 N–H and O–H groups in total. The largest absolute Gasteiger partial charge is 0.491 e. The van der Waals surface area contributed by atoms with Crippen molar-refractivity contribution in [2.75, 3.05) is 12.3 Å². The fraction of sp³-hybridized carbons (Fsp3) is 0.182. The van der Waals surface area contributed by atoms with Gasteiger partial charge in [-0.05, 0) is 13.0 Å². The Morgan fingerprint density at radius 1 is 1.50 bits per heavy atom. The van der Waals surface area contributed by atoms with Gasteiger partial charge in [0.2, 0.25) is 0 Å². The lowest BCUT2D eigenvalue weighted by atomic mass is 10.2. The molecule has 4 nitrogen and oxygen atoms in total. The maximum absolute atomic E-state index is 13.4. The SMILES string of the molecule is CCOc1cc(-n2cccn2)c(N)cc1F. The molecule has 1 heterocycles. The van der Waals surface area contributed by atoms with Crippen LogP contribution in [-0.4, -0.2) is 16.4 Å². The minimum absolute atomic E-state index is 0.183. The van der Waals surface area contributed by atoms with Gasteiger partial charge in [0.1, 0.15) is 0 Å². The molecule has 0 aliphatic carbocycles. The second-order valence-electron chi connectivity index (χ2n) is 3.23. The predicted octanol–water partition coefficient (Wildman–Crippen LogP) is 1.99. The minimum Gasteiger partial charge on any atom is -0.491 e. The van der Waals surface area contributed by atoms with Crippen molar-refractivity contribution in [2.24, 2.45) is 0 Å². The van der Waals surface area contributed by atoms with Crippen LogP contribution in [0.5, 0.6) is 5.75 Å². The molecule has 0 radical (unpaired) electrons. The summed E-state index contributed by atoms with van der Waals surface area (Å²) in [7, 11) is 0. The molecular weight excluding hydrogens is 209 g/mol. The van der Waals surface area contributed by atoms with E-state index in [9.17, 15) is 4.39 Å². The number of hydrogen-bond acceptors (Lipinski definition) is 3. The zero-order chi connectivity index (χ0) is 11.5. The van der Waals surface area contributed by atoms with Crippen molar-refractivity contribution >= 4 is 5.69 Å². The van der Waals surface area contributed by atoms with E-state index in [1.165, 1.54) is 6.07 Å². The Labute approximate surface area is 92.4 Å². The predicted molar refractivity (Wildman–Crippen MR) is 59.1 cm³/mol. The van der Waals surface area contributed by atoms with Crippen LogP contribution < -0.4 is 10.5 Å². The number of hydrogen-bond donors (Lipinski definition) is 1. The van der Waals surface area contributed by atoms with Crippen molar-refractivity contribution in [3.8, 4) is 11.4 Å². The molecule has 2 rings (SSSR count). The fourth-order valence-electron chi connectivity index (χ4n) is 1.43. The van der Waals surface area contributed by atoms with E-state index < -0.39 is 5.82 Å². The molecular formula is C11H12FN3O. The number of rotatable bonds is 3. The van der Waals surface area contributed by atoms with Gasteiger partial charge in [-0.1, -0.05) is 0 Å². The van der Waals surface area contributed by atoms with Crippen molar-refractivity contribution in [3.05, 3.63) is 36.4 Å². The van der Waals surface area contributed by atoms with Crippen molar-refractivity contribution < 1.29 is 9.13 Å². The summed E-state index contributed by atoms with van der Waals surface area (Å²) in [6.45, 7) is 2.20. The van der Waals surface area contributed by atoms with Crippen LogP contribution in [-0.2, 0) is 0 Å². The molecule has 0 spiro atoms. The number of nitrogens with two attached hydrogens (primary N) is 1. The Hall–Kier alpha value is -2.04. The first-order chi connectivity index (χ1) is 7.72. The van der Waals surface area contributed by atoms with Gasteiger partial charge >= 0.3 is 0 Å². The molecule has 0 saturated carbocycles. The summed E-state index contributed by atoms with van der Waals surface area (Å²) in [5.74, 6) is -0.280. The van der Waals surface area contributed by atoms with Crippen LogP contribution in [0.4, 0.5) is 10.1 Å². The molecule has 0 amide bonds. The average molecular weight is 221 g/mol. The van der Waals surface area contributed by atoms with Gasteiger partial charge < -0.3 is 10.5 Å². The van der Waals surface area contributed by atoms with E-state index in [1.54, 1.807) is 36.1 Å². The molecule has 5 heteroatoms. The summed E-state index contributed by atoms with van der Waals surface area (Å²) >= 11 is 0. The number of ether oxygens (including phenoxy) is 1. The molecule has 1 aromatic heterocycles. The number of benzene rings is 1. The smallest absolute Gasteiger partial charge is 0.167 e. The molecule has 0 aliphatic rings. The molecule has 0 fully saturated rings. The monoisotopic (exact) mass is 221 g/mol. The molecule has 1 aromatic carbocycles. The van der Waals surface area contributed by atoms with Crippen LogP contribution in [0.2, 0.25) is 0 Å². The summed E-state index contributed by atoms with van der Waals surface area (Å²) in [6, 6.07) is 4.55. The highest BCUT2D eigenvalue weighted by atomic mass is 19.1. The Morgan fingerprint density at radius 3 is 2.94 bits per heavy atom. The van der Waals surface area contributed by atoms with Gasteiger partial charge in [0.05, 0.1) is 18.0 Å². The molecule has 2 aromatic rings. The molecule has 0 saturated heterocycles. The van der Waals surface area contributed by atoms with Gasteiger partial charge in [0.25, 0.3) is 0 Å². The summed E-state index contributed by atoms with van der Waals surface area (Å²) in [6.07, 6.45) is 3.36. The topological polar surface area (TPSA) is 53.1 Å². The van der Waals surface area contributed by atoms with Crippen molar-refractivity contribution in [1.82, 2.24) is 9.78 Å². The third-order valence-corrected chi connectivity index (χ3v) is 2.13. The van der Waals surface area contributed by atoms with Gasteiger partial charge in [-0.15, -0.1) is 0 Å². The third kappa shape index (κ3) is 1.84. The van der Waals surface area contributed by atoms with E-state index >= 15 is 0 Å². The van der Waals surface area contributed by atoms with Gasteiger partial charge in [-0.3, -0.25) is 0 Å². The number of anilines is 1. The first kappa shape index (κ1) is 10.5. The van der Waals surface area contributed by atoms with E-state index in [4.69, 9.17) is 10.5 Å². The Bertz CT molecular complexity index is 482. The second kappa shape index (κ2) is 4.22. The minimum atomic E-state index is -0.463. The van der Waals surface area contributed by atoms with Gasteiger partial charge in [0, 0.05) is 24.5 Å². The zero-order valence-electron chi connectivity index (χ0n) is 8.85. The van der Waals surface area contributed by atoms with E-state index in [2.05, 4.69) is 5.10 Å². The molecule has 0 aliphatic heterocycles. The Morgan fingerprint density at radius 2 is 2.31 bits per heavy atom. The zero-order valence-corrected chi connectivity index (χ0v) is 8.85. The first-order valence-corrected chi connectivity index (χ1v) is 4.94. The average Bonchev–Trinajstić information content (AvgIpc) is 2.75. The first-order valence-electron chi connectivity index (χ1n) is 4.94. The molecule has 0 bridgehead atoms. The van der Waals surface area contributed by atoms with E-state index in [0.717, 1.165) is 0 Å². The summed E-state index contributed by atoms with van der Waals surface area (Å²) < 4.78 is 20.1. The maximum Gasteiger partial charge on any atom is 0.167 e. The van der Waals surface area contributed by atoms with Crippen molar-refractivity contribution in [1.29, 1.82) is 0 Å². The fourth-order valence-corrected chi connectivity index (χ4v) is 1.43. The Balaban J connectivity index is 2.49. The van der Waals surface area contributed by atoms with E-state index in [0.29, 0.717) is 18.0 Å². The highest BCUT2D eigenvalue weighted by Gasteiger charge is 2.10. The van der Waals surface area contributed by atoms with Crippen LogP contribution in [0.25, 0.3) is 5.69 Å². The molecule has 16 heavy (non-hydrogen) atoms. The van der Waals surface area contributed by atoms with Crippen LogP contribution in [0.15, 0.2) is 30.6 Å². The second-order valence-corrected chi connectivity index (χ2v) is 3.23. The normalized spacial score (nSPS) is 10.4. The standard InChI is InChI=1S/C11H12FN3O/c1-2-16-11-7-10(9(13)6-8(11)12)15-5-3-4-14-15/h3-7H,2,13H2,1H3. The number of halogens is 1. The summed E-state index contributed by atoms with van der Waals surface area (Å²) in [5, 5.41) is 4.04. The highest BCUT2D eigenvalue weighted by molar-refractivity contribution is 5.60. The van der Waals surface area contributed by atoms with Crippen molar-refractivity contribution in [2.45, 2.75) is 6.92 Å². The number of aromatic nitrogens is 2. The van der Waals surface area contributed by atoms with Crippen LogP contribution >= 0.6 is 0 Å².